The molecule has 112 valence electrons. The summed E-state index contributed by atoms with van der Waals surface area (Å²) in [6.07, 6.45) is 0. The molecule has 1 aromatic carbocycles. The number of carbonyl (C=O) groups excluding carboxylic acids is 1. The van der Waals surface area contributed by atoms with Gasteiger partial charge in [0.25, 0.3) is 0 Å². The predicted octanol–water partition coefficient (Wildman–Crippen LogP) is 0.671. The quantitative estimate of drug-likeness (QED) is 0.849. The molecule has 1 amide bonds. The second-order valence-corrected chi connectivity index (χ2v) is 5.01. The molecule has 0 unspecified atom stereocenters. The zero-order valence-electron chi connectivity index (χ0n) is 12.0. The highest BCUT2D eigenvalue weighted by Crippen LogP contribution is 2.16. The minimum Gasteiger partial charge on any atom is -0.343 e. The molecule has 0 saturated heterocycles. The number of halogens is 1. The SMILES string of the molecule is CNCCN(C)C(=O)Cn1nnc(-c2ccc(Cl)cc2)n1. The highest BCUT2D eigenvalue weighted by atomic mass is 35.5. The van der Waals surface area contributed by atoms with Gasteiger partial charge in [0.15, 0.2) is 0 Å². The number of likely N-dealkylation sites (N-methyl/N-ethyl adjacent to an activating group) is 2. The number of aromatic nitrogens is 4. The van der Waals surface area contributed by atoms with Crippen LogP contribution in [0.1, 0.15) is 0 Å². The third-order valence-corrected chi connectivity index (χ3v) is 3.21. The molecule has 1 aromatic heterocycles. The normalized spacial score (nSPS) is 10.6. The lowest BCUT2D eigenvalue weighted by Gasteiger charge is -2.15. The summed E-state index contributed by atoms with van der Waals surface area (Å²) in [5.41, 5.74) is 0.807. The molecule has 21 heavy (non-hydrogen) atoms. The van der Waals surface area contributed by atoms with Crippen LogP contribution in [0.4, 0.5) is 0 Å². The fourth-order valence-electron chi connectivity index (χ4n) is 1.67. The molecule has 0 radical (unpaired) electrons. The highest BCUT2D eigenvalue weighted by molar-refractivity contribution is 6.30. The van der Waals surface area contributed by atoms with Crippen molar-refractivity contribution in [2.24, 2.45) is 0 Å². The maximum absolute atomic E-state index is 12.0. The lowest BCUT2D eigenvalue weighted by atomic mass is 10.2. The lowest BCUT2D eigenvalue weighted by Crippen LogP contribution is -2.35. The van der Waals surface area contributed by atoms with E-state index in [9.17, 15) is 4.79 Å². The Hall–Kier alpha value is -1.99. The van der Waals surface area contributed by atoms with Crippen LogP contribution in [0, 0.1) is 0 Å². The minimum absolute atomic E-state index is 0.0645. The number of benzene rings is 1. The molecular weight excluding hydrogens is 292 g/mol. The van der Waals surface area contributed by atoms with Gasteiger partial charge in [-0.15, -0.1) is 10.2 Å². The Morgan fingerprint density at radius 2 is 2.10 bits per heavy atom. The molecule has 0 aliphatic heterocycles. The van der Waals surface area contributed by atoms with Gasteiger partial charge in [0, 0.05) is 30.7 Å². The fraction of sp³-hybridized carbons (Fsp3) is 0.385. The fourth-order valence-corrected chi connectivity index (χ4v) is 1.80. The minimum atomic E-state index is -0.0645. The number of rotatable bonds is 6. The molecule has 2 aromatic rings. The number of carbonyl (C=O) groups is 1. The molecule has 1 heterocycles. The number of tetrazole rings is 1. The van der Waals surface area contributed by atoms with Crippen molar-refractivity contribution >= 4 is 17.5 Å². The molecule has 0 fully saturated rings. The van der Waals surface area contributed by atoms with Crippen LogP contribution >= 0.6 is 11.6 Å². The molecular formula is C13H17ClN6O. The summed E-state index contributed by atoms with van der Waals surface area (Å²) in [4.78, 5) is 14.9. The first-order chi connectivity index (χ1) is 10.1. The summed E-state index contributed by atoms with van der Waals surface area (Å²) in [7, 11) is 3.59. The predicted molar refractivity (Wildman–Crippen MR) is 79.8 cm³/mol. The van der Waals surface area contributed by atoms with E-state index in [1.807, 2.05) is 19.2 Å². The van der Waals surface area contributed by atoms with Crippen LogP contribution in [0.2, 0.25) is 5.02 Å². The summed E-state index contributed by atoms with van der Waals surface area (Å²) in [6.45, 7) is 1.44. The Morgan fingerprint density at radius 3 is 2.76 bits per heavy atom. The number of hydrogen-bond donors (Lipinski definition) is 1. The summed E-state index contributed by atoms with van der Waals surface area (Å²) >= 11 is 5.83. The largest absolute Gasteiger partial charge is 0.343 e. The van der Waals surface area contributed by atoms with E-state index in [0.717, 1.165) is 12.1 Å². The van der Waals surface area contributed by atoms with Gasteiger partial charge in [-0.3, -0.25) is 4.79 Å². The van der Waals surface area contributed by atoms with Crippen molar-refractivity contribution in [1.29, 1.82) is 0 Å². The first kappa shape index (κ1) is 15.4. The molecule has 2 rings (SSSR count). The molecule has 0 aliphatic carbocycles. The maximum Gasteiger partial charge on any atom is 0.246 e. The first-order valence-electron chi connectivity index (χ1n) is 6.52. The van der Waals surface area contributed by atoms with E-state index in [-0.39, 0.29) is 12.5 Å². The Morgan fingerprint density at radius 1 is 1.38 bits per heavy atom. The van der Waals surface area contributed by atoms with Crippen molar-refractivity contribution < 1.29 is 4.79 Å². The molecule has 0 aliphatic rings. The van der Waals surface area contributed by atoms with Gasteiger partial charge in [0.1, 0.15) is 6.54 Å². The Kier molecular flexibility index (Phi) is 5.24. The maximum atomic E-state index is 12.0. The topological polar surface area (TPSA) is 75.9 Å². The summed E-state index contributed by atoms with van der Waals surface area (Å²) in [5, 5.41) is 15.7. The van der Waals surface area contributed by atoms with Gasteiger partial charge in [-0.1, -0.05) is 11.6 Å². The van der Waals surface area contributed by atoms with Crippen LogP contribution in [0.15, 0.2) is 24.3 Å². The highest BCUT2D eigenvalue weighted by Gasteiger charge is 2.12. The average molecular weight is 309 g/mol. The van der Waals surface area contributed by atoms with Crippen molar-refractivity contribution in [3.05, 3.63) is 29.3 Å². The lowest BCUT2D eigenvalue weighted by molar-refractivity contribution is -0.130. The van der Waals surface area contributed by atoms with Crippen LogP contribution < -0.4 is 5.32 Å². The zero-order valence-corrected chi connectivity index (χ0v) is 12.7. The van der Waals surface area contributed by atoms with E-state index in [1.54, 1.807) is 24.1 Å². The molecule has 1 N–H and O–H groups in total. The van der Waals surface area contributed by atoms with E-state index in [1.165, 1.54) is 4.80 Å². The molecule has 0 atom stereocenters. The number of nitrogens with zero attached hydrogens (tertiary/aromatic N) is 5. The molecule has 7 nitrogen and oxygen atoms in total. The third kappa shape index (κ3) is 4.24. The van der Waals surface area contributed by atoms with Crippen molar-refractivity contribution in [3.8, 4) is 11.4 Å². The van der Waals surface area contributed by atoms with Gasteiger partial charge in [0.2, 0.25) is 11.7 Å². The van der Waals surface area contributed by atoms with E-state index >= 15 is 0 Å². The second kappa shape index (κ2) is 7.14. The van der Waals surface area contributed by atoms with Crippen LogP contribution in [-0.4, -0.2) is 58.2 Å². The van der Waals surface area contributed by atoms with Crippen LogP contribution in [-0.2, 0) is 11.3 Å². The zero-order chi connectivity index (χ0) is 15.2. The van der Waals surface area contributed by atoms with Crippen molar-refractivity contribution in [2.75, 3.05) is 27.2 Å². The summed E-state index contributed by atoms with van der Waals surface area (Å²) in [6, 6.07) is 7.14. The van der Waals surface area contributed by atoms with Gasteiger partial charge in [0.05, 0.1) is 0 Å². The van der Waals surface area contributed by atoms with Crippen molar-refractivity contribution in [1.82, 2.24) is 30.4 Å². The van der Waals surface area contributed by atoms with Gasteiger partial charge in [-0.25, -0.2) is 0 Å². The number of hydrogen-bond acceptors (Lipinski definition) is 5. The van der Waals surface area contributed by atoms with E-state index in [4.69, 9.17) is 11.6 Å². The Labute approximate surface area is 127 Å². The standard InChI is InChI=1S/C13H17ClN6O/c1-15-7-8-19(2)12(21)9-20-17-13(16-18-20)10-3-5-11(14)6-4-10/h3-6,15H,7-9H2,1-2H3. The third-order valence-electron chi connectivity index (χ3n) is 2.95. The Bertz CT molecular complexity index is 597. The summed E-state index contributed by atoms with van der Waals surface area (Å²) in [5.74, 6) is 0.405. The van der Waals surface area contributed by atoms with E-state index < -0.39 is 0 Å². The van der Waals surface area contributed by atoms with Gasteiger partial charge in [-0.05, 0) is 36.5 Å². The number of amides is 1. The monoisotopic (exact) mass is 308 g/mol. The number of nitrogens with one attached hydrogen (secondary N) is 1. The molecule has 0 saturated carbocycles. The molecule has 0 bridgehead atoms. The van der Waals surface area contributed by atoms with Gasteiger partial charge < -0.3 is 10.2 Å². The van der Waals surface area contributed by atoms with E-state index in [0.29, 0.717) is 17.4 Å². The first-order valence-corrected chi connectivity index (χ1v) is 6.90. The van der Waals surface area contributed by atoms with E-state index in [2.05, 4.69) is 20.7 Å². The average Bonchev–Trinajstić information content (AvgIpc) is 2.93. The van der Waals surface area contributed by atoms with Crippen LogP contribution in [0.3, 0.4) is 0 Å². The smallest absolute Gasteiger partial charge is 0.246 e. The molecule has 0 spiro atoms. The summed E-state index contributed by atoms with van der Waals surface area (Å²) < 4.78 is 0. The van der Waals surface area contributed by atoms with Gasteiger partial charge in [-0.2, -0.15) is 4.80 Å². The second-order valence-electron chi connectivity index (χ2n) is 4.57. The Balaban J connectivity index is 2.00. The molecule has 8 heteroatoms. The van der Waals surface area contributed by atoms with Crippen molar-refractivity contribution in [2.45, 2.75) is 6.54 Å². The van der Waals surface area contributed by atoms with Crippen molar-refractivity contribution in [3.63, 3.8) is 0 Å². The van der Waals surface area contributed by atoms with Crippen LogP contribution in [0.25, 0.3) is 11.4 Å². The van der Waals surface area contributed by atoms with Gasteiger partial charge >= 0.3 is 0 Å². The van der Waals surface area contributed by atoms with Crippen LogP contribution in [0.5, 0.6) is 0 Å².